The molecular formula is C18H22BrN3O4. The number of ether oxygens (including phenoxy) is 1. The Morgan fingerprint density at radius 2 is 1.96 bits per heavy atom. The van der Waals surface area contributed by atoms with E-state index in [0.29, 0.717) is 32.8 Å². The molecule has 140 valence electrons. The molecule has 1 N–H and O–H groups in total. The fourth-order valence-electron chi connectivity index (χ4n) is 3.24. The summed E-state index contributed by atoms with van der Waals surface area (Å²) in [6, 6.07) is 6.81. The number of nitrogens with one attached hydrogen (secondary N) is 1. The predicted octanol–water partition coefficient (Wildman–Crippen LogP) is 1.17. The van der Waals surface area contributed by atoms with Gasteiger partial charge in [0.2, 0.25) is 17.7 Å². The van der Waals surface area contributed by atoms with Crippen LogP contribution in [0.25, 0.3) is 0 Å². The minimum Gasteiger partial charge on any atom is -0.378 e. The van der Waals surface area contributed by atoms with Crippen LogP contribution in [0.1, 0.15) is 13.3 Å². The van der Waals surface area contributed by atoms with E-state index in [1.807, 2.05) is 24.3 Å². The lowest BCUT2D eigenvalue weighted by Gasteiger charge is -2.29. The molecule has 0 spiro atoms. The number of nitrogens with zero attached hydrogens (tertiary/aromatic N) is 2. The van der Waals surface area contributed by atoms with Crippen LogP contribution >= 0.6 is 15.9 Å². The number of morpholine rings is 1. The summed E-state index contributed by atoms with van der Waals surface area (Å²) in [5, 5.41) is 2.76. The van der Waals surface area contributed by atoms with Gasteiger partial charge in [-0.1, -0.05) is 12.1 Å². The zero-order chi connectivity index (χ0) is 18.7. The highest BCUT2D eigenvalue weighted by molar-refractivity contribution is 9.10. The normalized spacial score (nSPS) is 21.6. The smallest absolute Gasteiger partial charge is 0.245 e. The van der Waals surface area contributed by atoms with Gasteiger partial charge in [-0.2, -0.15) is 0 Å². The molecule has 2 aliphatic rings. The highest BCUT2D eigenvalue weighted by atomic mass is 79.9. The van der Waals surface area contributed by atoms with Crippen LogP contribution in [-0.4, -0.2) is 61.5 Å². The standard InChI is InChI=1S/C18H22BrN3O4/c1-12(18(25)21-6-8-26-9-7-21)20-17(24)13-10-16(23)22(11-13)15-5-3-2-4-14(15)19/h2-5,12-13H,6-11H2,1H3,(H,20,24)/t12-,13+/m0/s1. The van der Waals surface area contributed by atoms with Gasteiger partial charge in [0.15, 0.2) is 0 Å². The fourth-order valence-corrected chi connectivity index (χ4v) is 3.74. The van der Waals surface area contributed by atoms with Gasteiger partial charge in [-0.05, 0) is 35.0 Å². The van der Waals surface area contributed by atoms with Crippen LogP contribution in [0.5, 0.6) is 0 Å². The first kappa shape index (κ1) is 18.8. The Kier molecular flexibility index (Phi) is 5.93. The van der Waals surface area contributed by atoms with Gasteiger partial charge in [0, 0.05) is 30.5 Å². The lowest BCUT2D eigenvalue weighted by atomic mass is 10.1. The Balaban J connectivity index is 1.59. The molecule has 0 bridgehead atoms. The molecule has 0 saturated carbocycles. The average molecular weight is 424 g/mol. The molecule has 2 heterocycles. The molecule has 2 aliphatic heterocycles. The van der Waals surface area contributed by atoms with E-state index < -0.39 is 12.0 Å². The van der Waals surface area contributed by atoms with Crippen molar-refractivity contribution < 1.29 is 19.1 Å². The quantitative estimate of drug-likeness (QED) is 0.787. The van der Waals surface area contributed by atoms with E-state index in [9.17, 15) is 14.4 Å². The van der Waals surface area contributed by atoms with Gasteiger partial charge in [-0.15, -0.1) is 0 Å². The third-order valence-electron chi connectivity index (χ3n) is 4.69. The topological polar surface area (TPSA) is 79.0 Å². The van der Waals surface area contributed by atoms with Gasteiger partial charge < -0.3 is 19.9 Å². The van der Waals surface area contributed by atoms with Crippen LogP contribution in [0, 0.1) is 5.92 Å². The lowest BCUT2D eigenvalue weighted by Crippen LogP contribution is -2.51. The van der Waals surface area contributed by atoms with Crippen molar-refractivity contribution >= 4 is 39.3 Å². The zero-order valence-corrected chi connectivity index (χ0v) is 16.2. The molecule has 0 aromatic heterocycles. The van der Waals surface area contributed by atoms with E-state index >= 15 is 0 Å². The zero-order valence-electron chi connectivity index (χ0n) is 14.6. The van der Waals surface area contributed by atoms with Crippen molar-refractivity contribution in [1.82, 2.24) is 10.2 Å². The van der Waals surface area contributed by atoms with E-state index in [2.05, 4.69) is 21.2 Å². The number of anilines is 1. The molecule has 0 radical (unpaired) electrons. The molecule has 7 nitrogen and oxygen atoms in total. The maximum absolute atomic E-state index is 12.6. The summed E-state index contributed by atoms with van der Waals surface area (Å²) in [6.45, 7) is 4.10. The Morgan fingerprint density at radius 3 is 2.65 bits per heavy atom. The number of para-hydroxylation sites is 1. The Labute approximate surface area is 160 Å². The van der Waals surface area contributed by atoms with Crippen LogP contribution in [0.15, 0.2) is 28.7 Å². The van der Waals surface area contributed by atoms with E-state index in [-0.39, 0.29) is 24.1 Å². The van der Waals surface area contributed by atoms with Crippen LogP contribution in [0.3, 0.4) is 0 Å². The maximum atomic E-state index is 12.6. The number of amides is 3. The average Bonchev–Trinajstić information content (AvgIpc) is 3.04. The van der Waals surface area contributed by atoms with Crippen LogP contribution < -0.4 is 10.2 Å². The number of carbonyl (C=O) groups is 3. The number of hydrogen-bond donors (Lipinski definition) is 1. The van der Waals surface area contributed by atoms with Crippen molar-refractivity contribution in [3.8, 4) is 0 Å². The summed E-state index contributed by atoms with van der Waals surface area (Å²) in [5.41, 5.74) is 0.755. The SMILES string of the molecule is C[C@H](NC(=O)[C@@H]1CC(=O)N(c2ccccc2Br)C1)C(=O)N1CCOCC1. The van der Waals surface area contributed by atoms with Crippen molar-refractivity contribution in [3.05, 3.63) is 28.7 Å². The van der Waals surface area contributed by atoms with Gasteiger partial charge in [-0.3, -0.25) is 14.4 Å². The summed E-state index contributed by atoms with van der Waals surface area (Å²) in [5.74, 6) is -0.936. The van der Waals surface area contributed by atoms with Gasteiger partial charge in [0.1, 0.15) is 6.04 Å². The summed E-state index contributed by atoms with van der Waals surface area (Å²) in [7, 11) is 0. The molecule has 2 saturated heterocycles. The first-order chi connectivity index (χ1) is 12.5. The molecule has 0 aliphatic carbocycles. The number of hydrogen-bond acceptors (Lipinski definition) is 4. The summed E-state index contributed by atoms with van der Waals surface area (Å²) < 4.78 is 6.05. The van der Waals surface area contributed by atoms with Crippen LogP contribution in [-0.2, 0) is 19.1 Å². The van der Waals surface area contributed by atoms with Gasteiger partial charge in [-0.25, -0.2) is 0 Å². The van der Waals surface area contributed by atoms with Crippen LogP contribution in [0.2, 0.25) is 0 Å². The molecule has 2 fully saturated rings. The number of carbonyl (C=O) groups excluding carboxylic acids is 3. The molecule has 0 unspecified atom stereocenters. The van der Waals surface area contributed by atoms with Gasteiger partial charge in [0.25, 0.3) is 0 Å². The molecular weight excluding hydrogens is 402 g/mol. The second kappa shape index (κ2) is 8.18. The molecule has 1 aromatic rings. The van der Waals surface area contributed by atoms with Crippen molar-refractivity contribution in [2.45, 2.75) is 19.4 Å². The fraction of sp³-hybridized carbons (Fsp3) is 0.500. The molecule has 26 heavy (non-hydrogen) atoms. The second-order valence-corrected chi connectivity index (χ2v) is 7.38. The minimum atomic E-state index is -0.617. The molecule has 1 aromatic carbocycles. The lowest BCUT2D eigenvalue weighted by molar-refractivity contribution is -0.140. The number of rotatable bonds is 4. The Morgan fingerprint density at radius 1 is 1.27 bits per heavy atom. The molecule has 8 heteroatoms. The highest BCUT2D eigenvalue weighted by Gasteiger charge is 2.37. The van der Waals surface area contributed by atoms with Gasteiger partial charge >= 0.3 is 0 Å². The van der Waals surface area contributed by atoms with Crippen molar-refractivity contribution in [3.63, 3.8) is 0 Å². The molecule has 2 atom stereocenters. The number of halogens is 1. The summed E-state index contributed by atoms with van der Waals surface area (Å²) in [6.07, 6.45) is 0.144. The third kappa shape index (κ3) is 4.07. The maximum Gasteiger partial charge on any atom is 0.245 e. The van der Waals surface area contributed by atoms with E-state index in [1.54, 1.807) is 16.7 Å². The monoisotopic (exact) mass is 423 g/mol. The van der Waals surface area contributed by atoms with E-state index in [4.69, 9.17) is 4.74 Å². The van der Waals surface area contributed by atoms with Crippen molar-refractivity contribution in [2.75, 3.05) is 37.7 Å². The van der Waals surface area contributed by atoms with Crippen molar-refractivity contribution in [2.24, 2.45) is 5.92 Å². The van der Waals surface area contributed by atoms with E-state index in [0.717, 1.165) is 10.2 Å². The minimum absolute atomic E-state index is 0.0933. The van der Waals surface area contributed by atoms with Crippen molar-refractivity contribution in [1.29, 1.82) is 0 Å². The highest BCUT2D eigenvalue weighted by Crippen LogP contribution is 2.31. The molecule has 3 rings (SSSR count). The first-order valence-electron chi connectivity index (χ1n) is 8.69. The number of benzene rings is 1. The Bertz CT molecular complexity index is 705. The summed E-state index contributed by atoms with van der Waals surface area (Å²) >= 11 is 3.44. The molecule has 3 amide bonds. The van der Waals surface area contributed by atoms with E-state index in [1.165, 1.54) is 0 Å². The largest absolute Gasteiger partial charge is 0.378 e. The van der Waals surface area contributed by atoms with Crippen LogP contribution in [0.4, 0.5) is 5.69 Å². The second-order valence-electron chi connectivity index (χ2n) is 6.52. The Hall–Kier alpha value is -1.93. The predicted molar refractivity (Wildman–Crippen MR) is 99.6 cm³/mol. The summed E-state index contributed by atoms with van der Waals surface area (Å²) in [4.78, 5) is 40.6. The third-order valence-corrected chi connectivity index (χ3v) is 5.36. The first-order valence-corrected chi connectivity index (χ1v) is 9.48. The van der Waals surface area contributed by atoms with Gasteiger partial charge in [0.05, 0.1) is 24.8 Å².